The molecule has 1 N–H and O–H groups in total. The molecule has 0 aliphatic carbocycles. The zero-order chi connectivity index (χ0) is 24.5. The zero-order valence-corrected chi connectivity index (χ0v) is 20.4. The molecule has 0 bridgehead atoms. The molecule has 0 atom stereocenters. The van der Waals surface area contributed by atoms with Crippen LogP contribution in [-0.2, 0) is 4.79 Å². The largest absolute Gasteiger partial charge is 0.321 e. The van der Waals surface area contributed by atoms with Crippen LogP contribution in [0.25, 0.3) is 0 Å². The van der Waals surface area contributed by atoms with Crippen molar-refractivity contribution in [3.05, 3.63) is 136 Å². The maximum absolute atomic E-state index is 13.1. The van der Waals surface area contributed by atoms with Crippen LogP contribution in [0, 0.1) is 0 Å². The first kappa shape index (κ1) is 24.0. The number of amides is 1. The molecule has 0 unspecified atom stereocenters. The van der Waals surface area contributed by atoms with Gasteiger partial charge in [-0.1, -0.05) is 107 Å². The van der Waals surface area contributed by atoms with Crippen molar-refractivity contribution in [2.24, 2.45) is 10.2 Å². The fourth-order valence-electron chi connectivity index (χ4n) is 3.36. The number of Topliss-reactive ketones (excluding diaryl/α,β-unsaturated/α-hetero) is 1. The Kier molecular flexibility index (Phi) is 8.09. The number of rotatable bonds is 8. The molecule has 5 nitrogen and oxygen atoms in total. The summed E-state index contributed by atoms with van der Waals surface area (Å²) in [5.41, 5.74) is 3.42. The third-order valence-electron chi connectivity index (χ3n) is 5.15. The van der Waals surface area contributed by atoms with E-state index in [1.807, 2.05) is 78.9 Å². The quantitative estimate of drug-likeness (QED) is 0.161. The molecule has 0 aliphatic rings. The maximum Gasteiger partial charge on any atom is 0.272 e. The van der Waals surface area contributed by atoms with Gasteiger partial charge in [0, 0.05) is 26.9 Å². The Morgan fingerprint density at radius 2 is 1.14 bits per heavy atom. The monoisotopic (exact) mass is 523 g/mol. The Balaban J connectivity index is 1.72. The first-order chi connectivity index (χ1) is 17.1. The van der Waals surface area contributed by atoms with Gasteiger partial charge in [-0.25, -0.2) is 0 Å². The summed E-state index contributed by atoms with van der Waals surface area (Å²) in [4.78, 5) is 26.1. The first-order valence-corrected chi connectivity index (χ1v) is 11.8. The van der Waals surface area contributed by atoms with Gasteiger partial charge in [-0.05, 0) is 24.3 Å². The van der Waals surface area contributed by atoms with Gasteiger partial charge in [-0.2, -0.15) is 0 Å². The second-order valence-electron chi connectivity index (χ2n) is 7.65. The summed E-state index contributed by atoms with van der Waals surface area (Å²) in [7, 11) is 0. The second kappa shape index (κ2) is 11.8. The summed E-state index contributed by atoms with van der Waals surface area (Å²) in [6.07, 6.45) is -0.194. The van der Waals surface area contributed by atoms with E-state index in [9.17, 15) is 9.59 Å². The van der Waals surface area contributed by atoms with Gasteiger partial charge in [0.25, 0.3) is 5.91 Å². The number of nitrogens with zero attached hydrogens (tertiary/aromatic N) is 2. The second-order valence-corrected chi connectivity index (χ2v) is 8.57. The van der Waals surface area contributed by atoms with E-state index in [1.54, 1.807) is 36.4 Å². The number of ketones is 1. The number of carbonyl (C=O) groups excluding carboxylic acids is 2. The molecule has 4 aromatic carbocycles. The van der Waals surface area contributed by atoms with E-state index in [-0.39, 0.29) is 17.9 Å². The van der Waals surface area contributed by atoms with Crippen LogP contribution in [0.3, 0.4) is 0 Å². The first-order valence-electron chi connectivity index (χ1n) is 11.0. The van der Waals surface area contributed by atoms with Gasteiger partial charge in [0.2, 0.25) is 0 Å². The Labute approximate surface area is 212 Å². The Hall–Kier alpha value is -4.16. The van der Waals surface area contributed by atoms with Crippen LogP contribution in [-0.4, -0.2) is 23.1 Å². The van der Waals surface area contributed by atoms with E-state index < -0.39 is 5.91 Å². The van der Waals surface area contributed by atoms with Crippen LogP contribution in [0.1, 0.15) is 27.9 Å². The van der Waals surface area contributed by atoms with Gasteiger partial charge in [0.1, 0.15) is 11.4 Å². The summed E-state index contributed by atoms with van der Waals surface area (Å²) in [6, 6.07) is 35.3. The normalized spacial score (nSPS) is 10.9. The number of para-hydroxylation sites is 1. The summed E-state index contributed by atoms with van der Waals surface area (Å²) in [5.74, 6) is -0.707. The number of anilines is 1. The van der Waals surface area contributed by atoms with Crippen molar-refractivity contribution in [1.82, 2.24) is 0 Å². The standard InChI is InChI=1S/C29H22BrN3O2/c30-24-18-16-21(17-19-24)27(34)20-26(29(35)31-25-14-8-3-9-15-25)32-33-28(22-10-4-1-5-11-22)23-12-6-2-7-13-23/h1-19H,20H2,(H,31,35)/b32-26-. The van der Waals surface area contributed by atoms with Gasteiger partial charge >= 0.3 is 0 Å². The molecule has 0 saturated carbocycles. The molecule has 0 radical (unpaired) electrons. The minimum Gasteiger partial charge on any atom is -0.321 e. The van der Waals surface area contributed by atoms with Gasteiger partial charge < -0.3 is 5.32 Å². The molecule has 4 rings (SSSR count). The molecule has 0 heterocycles. The van der Waals surface area contributed by atoms with Gasteiger partial charge in [-0.3, -0.25) is 9.59 Å². The van der Waals surface area contributed by atoms with Crippen molar-refractivity contribution in [1.29, 1.82) is 0 Å². The van der Waals surface area contributed by atoms with Crippen LogP contribution >= 0.6 is 15.9 Å². The lowest BCUT2D eigenvalue weighted by Gasteiger charge is -2.09. The number of hydrogen-bond donors (Lipinski definition) is 1. The van der Waals surface area contributed by atoms with Gasteiger partial charge in [0.05, 0.1) is 6.42 Å². The molecular formula is C29H22BrN3O2. The Morgan fingerprint density at radius 1 is 0.629 bits per heavy atom. The van der Waals surface area contributed by atoms with E-state index in [1.165, 1.54) is 0 Å². The molecule has 0 saturated heterocycles. The molecular weight excluding hydrogens is 502 g/mol. The topological polar surface area (TPSA) is 70.9 Å². The molecule has 0 fully saturated rings. The number of nitrogens with one attached hydrogen (secondary N) is 1. The number of carbonyl (C=O) groups is 2. The van der Waals surface area contributed by atoms with Crippen molar-refractivity contribution in [3.63, 3.8) is 0 Å². The van der Waals surface area contributed by atoms with E-state index >= 15 is 0 Å². The van der Waals surface area contributed by atoms with Crippen LogP contribution in [0.15, 0.2) is 130 Å². The Bertz CT molecular complexity index is 1310. The molecule has 0 spiro atoms. The molecule has 1 amide bonds. The van der Waals surface area contributed by atoms with Crippen molar-refractivity contribution >= 4 is 44.7 Å². The highest BCUT2D eigenvalue weighted by atomic mass is 79.9. The average molecular weight is 524 g/mol. The van der Waals surface area contributed by atoms with Crippen LogP contribution in [0.5, 0.6) is 0 Å². The molecule has 35 heavy (non-hydrogen) atoms. The predicted octanol–water partition coefficient (Wildman–Crippen LogP) is 6.55. The molecule has 6 heteroatoms. The lowest BCUT2D eigenvalue weighted by atomic mass is 10.0. The highest BCUT2D eigenvalue weighted by Gasteiger charge is 2.18. The average Bonchev–Trinajstić information content (AvgIpc) is 2.90. The minimum atomic E-state index is -0.481. The van der Waals surface area contributed by atoms with E-state index in [2.05, 4.69) is 31.4 Å². The van der Waals surface area contributed by atoms with Crippen molar-refractivity contribution in [2.45, 2.75) is 6.42 Å². The predicted molar refractivity (Wildman–Crippen MR) is 144 cm³/mol. The number of halogens is 1. The molecule has 0 aliphatic heterocycles. The molecule has 4 aromatic rings. The smallest absolute Gasteiger partial charge is 0.272 e. The fourth-order valence-corrected chi connectivity index (χ4v) is 3.62. The molecule has 0 aromatic heterocycles. The fraction of sp³-hybridized carbons (Fsp3) is 0.0345. The molecule has 172 valence electrons. The SMILES string of the molecule is O=C(Nc1ccccc1)/C(CC(=O)c1ccc(Br)cc1)=N\N=C(c1ccccc1)c1ccccc1. The van der Waals surface area contributed by atoms with Crippen molar-refractivity contribution in [3.8, 4) is 0 Å². The highest BCUT2D eigenvalue weighted by molar-refractivity contribution is 9.10. The van der Waals surface area contributed by atoms with Crippen LogP contribution in [0.2, 0.25) is 0 Å². The third kappa shape index (κ3) is 6.68. The van der Waals surface area contributed by atoms with E-state index in [0.29, 0.717) is 17.0 Å². The highest BCUT2D eigenvalue weighted by Crippen LogP contribution is 2.15. The lowest BCUT2D eigenvalue weighted by Crippen LogP contribution is -2.25. The van der Waals surface area contributed by atoms with Gasteiger partial charge in [-0.15, -0.1) is 10.2 Å². The number of benzene rings is 4. The summed E-state index contributed by atoms with van der Waals surface area (Å²) in [5, 5.41) is 11.6. The van der Waals surface area contributed by atoms with E-state index in [0.717, 1.165) is 15.6 Å². The Morgan fingerprint density at radius 3 is 1.69 bits per heavy atom. The zero-order valence-electron chi connectivity index (χ0n) is 18.8. The summed E-state index contributed by atoms with van der Waals surface area (Å²) in [6.45, 7) is 0. The summed E-state index contributed by atoms with van der Waals surface area (Å²) >= 11 is 3.37. The minimum absolute atomic E-state index is 0.0196. The maximum atomic E-state index is 13.1. The summed E-state index contributed by atoms with van der Waals surface area (Å²) < 4.78 is 0.865. The van der Waals surface area contributed by atoms with Crippen LogP contribution < -0.4 is 5.32 Å². The lowest BCUT2D eigenvalue weighted by molar-refractivity contribution is -0.110. The number of hydrogen-bond acceptors (Lipinski definition) is 4. The van der Waals surface area contributed by atoms with Crippen molar-refractivity contribution in [2.75, 3.05) is 5.32 Å². The third-order valence-corrected chi connectivity index (χ3v) is 5.68. The van der Waals surface area contributed by atoms with Gasteiger partial charge in [0.15, 0.2) is 5.78 Å². The van der Waals surface area contributed by atoms with Crippen LogP contribution in [0.4, 0.5) is 5.69 Å². The van der Waals surface area contributed by atoms with E-state index in [4.69, 9.17) is 0 Å². The van der Waals surface area contributed by atoms with Crippen molar-refractivity contribution < 1.29 is 9.59 Å².